The zero-order valence-corrected chi connectivity index (χ0v) is 17.6. The molecular formula is C20H27FN4O3S. The van der Waals surface area contributed by atoms with Crippen LogP contribution in [0.5, 0.6) is 0 Å². The van der Waals surface area contributed by atoms with Gasteiger partial charge in [0.15, 0.2) is 15.5 Å². The summed E-state index contributed by atoms with van der Waals surface area (Å²) < 4.78 is 38.6. The van der Waals surface area contributed by atoms with Gasteiger partial charge in [-0.05, 0) is 49.8 Å². The fraction of sp³-hybridized carbons (Fsp3) is 0.500. The molecule has 3 rings (SSSR count). The molecule has 0 aliphatic carbocycles. The van der Waals surface area contributed by atoms with Crippen molar-refractivity contribution in [1.82, 2.24) is 19.6 Å². The average Bonchev–Trinajstić information content (AvgIpc) is 3.32. The maximum absolute atomic E-state index is 13.2. The third-order valence-corrected chi connectivity index (χ3v) is 7.11. The summed E-state index contributed by atoms with van der Waals surface area (Å²) in [6.45, 7) is 6.96. The van der Waals surface area contributed by atoms with Gasteiger partial charge >= 0.3 is 0 Å². The molecular weight excluding hydrogens is 395 g/mol. The number of benzene rings is 1. The summed E-state index contributed by atoms with van der Waals surface area (Å²) >= 11 is 0. The van der Waals surface area contributed by atoms with Crippen LogP contribution in [-0.2, 0) is 9.84 Å². The summed E-state index contributed by atoms with van der Waals surface area (Å²) in [4.78, 5) is 17.1. The van der Waals surface area contributed by atoms with E-state index >= 15 is 0 Å². The Hall–Kier alpha value is -2.26. The van der Waals surface area contributed by atoms with Crippen molar-refractivity contribution in [2.75, 3.05) is 37.7 Å². The molecule has 0 bridgehead atoms. The zero-order valence-electron chi connectivity index (χ0n) is 16.8. The second-order valence-corrected chi connectivity index (χ2v) is 9.43. The van der Waals surface area contributed by atoms with E-state index < -0.39 is 9.84 Å². The minimum atomic E-state index is -3.12. The van der Waals surface area contributed by atoms with Crippen molar-refractivity contribution >= 4 is 15.7 Å². The van der Waals surface area contributed by atoms with Gasteiger partial charge in [-0.2, -0.15) is 5.10 Å². The van der Waals surface area contributed by atoms with Crippen molar-refractivity contribution in [3.63, 3.8) is 0 Å². The van der Waals surface area contributed by atoms with E-state index in [2.05, 4.69) is 23.8 Å². The average molecular weight is 423 g/mol. The molecule has 1 fully saturated rings. The van der Waals surface area contributed by atoms with Gasteiger partial charge in [-0.25, -0.2) is 17.5 Å². The van der Waals surface area contributed by atoms with E-state index in [0.29, 0.717) is 25.2 Å². The standard InChI is InChI=1S/C20H27FN4O3S/c1-3-23(4-2)12-13-24(18-10-14-29(27,28)15-18)20(26)19-9-11-25(22-19)17-7-5-16(21)6-8-17/h5-9,11,18H,3-4,10,12-15H2,1-2H3. The van der Waals surface area contributed by atoms with E-state index in [4.69, 9.17) is 0 Å². The Balaban J connectivity index is 1.81. The van der Waals surface area contributed by atoms with Crippen molar-refractivity contribution in [1.29, 1.82) is 0 Å². The normalized spacial score (nSPS) is 18.3. The SMILES string of the molecule is CCN(CC)CCN(C(=O)c1ccn(-c2ccc(F)cc2)n1)C1CCS(=O)(=O)C1. The number of carbonyl (C=O) groups excluding carboxylic acids is 1. The van der Waals surface area contributed by atoms with Gasteiger partial charge in [-0.15, -0.1) is 0 Å². The molecule has 9 heteroatoms. The summed E-state index contributed by atoms with van der Waals surface area (Å²) in [6.07, 6.45) is 2.10. The maximum Gasteiger partial charge on any atom is 0.274 e. The summed E-state index contributed by atoms with van der Waals surface area (Å²) in [5.74, 6) is -0.519. The van der Waals surface area contributed by atoms with E-state index in [9.17, 15) is 17.6 Å². The molecule has 7 nitrogen and oxygen atoms in total. The highest BCUT2D eigenvalue weighted by Crippen LogP contribution is 2.20. The van der Waals surface area contributed by atoms with Crippen molar-refractivity contribution in [3.8, 4) is 5.69 Å². The molecule has 1 aromatic carbocycles. The second-order valence-electron chi connectivity index (χ2n) is 7.20. The molecule has 29 heavy (non-hydrogen) atoms. The van der Waals surface area contributed by atoms with Crippen LogP contribution in [0, 0.1) is 5.82 Å². The van der Waals surface area contributed by atoms with E-state index in [0.717, 1.165) is 13.1 Å². The Morgan fingerprint density at radius 1 is 1.17 bits per heavy atom. The molecule has 1 atom stereocenters. The molecule has 158 valence electrons. The Morgan fingerprint density at radius 2 is 1.86 bits per heavy atom. The number of hydrogen-bond donors (Lipinski definition) is 0. The van der Waals surface area contributed by atoms with Gasteiger partial charge in [0, 0.05) is 25.3 Å². The predicted molar refractivity (Wildman–Crippen MR) is 109 cm³/mol. The number of sulfone groups is 1. The highest BCUT2D eigenvalue weighted by molar-refractivity contribution is 7.91. The molecule has 1 aliphatic rings. The van der Waals surface area contributed by atoms with Crippen LogP contribution in [0.15, 0.2) is 36.5 Å². The smallest absolute Gasteiger partial charge is 0.274 e. The van der Waals surface area contributed by atoms with Crippen LogP contribution in [0.4, 0.5) is 4.39 Å². The van der Waals surface area contributed by atoms with Crippen LogP contribution in [-0.4, -0.2) is 77.6 Å². The summed E-state index contributed by atoms with van der Waals surface area (Å²) in [7, 11) is -3.12. The van der Waals surface area contributed by atoms with Gasteiger partial charge in [0.25, 0.3) is 5.91 Å². The highest BCUT2D eigenvalue weighted by Gasteiger charge is 2.35. The lowest BCUT2D eigenvalue weighted by Crippen LogP contribution is -2.45. The number of carbonyl (C=O) groups is 1. The first-order valence-electron chi connectivity index (χ1n) is 9.88. The van der Waals surface area contributed by atoms with Crippen molar-refractivity contribution in [2.45, 2.75) is 26.3 Å². The van der Waals surface area contributed by atoms with Crippen LogP contribution in [0.1, 0.15) is 30.8 Å². The lowest BCUT2D eigenvalue weighted by atomic mass is 10.2. The van der Waals surface area contributed by atoms with Crippen LogP contribution in [0.2, 0.25) is 0 Å². The molecule has 2 aromatic rings. The number of amides is 1. The topological polar surface area (TPSA) is 75.5 Å². The lowest BCUT2D eigenvalue weighted by molar-refractivity contribution is 0.0668. The number of likely N-dealkylation sites (N-methyl/N-ethyl adjacent to an activating group) is 1. The Kier molecular flexibility index (Phi) is 6.69. The van der Waals surface area contributed by atoms with Crippen LogP contribution >= 0.6 is 0 Å². The van der Waals surface area contributed by atoms with E-state index in [1.165, 1.54) is 16.8 Å². The Morgan fingerprint density at radius 3 is 2.45 bits per heavy atom. The van der Waals surface area contributed by atoms with E-state index in [1.54, 1.807) is 29.3 Å². The summed E-state index contributed by atoms with van der Waals surface area (Å²) in [6, 6.07) is 7.10. The van der Waals surface area contributed by atoms with Crippen molar-refractivity contribution in [3.05, 3.63) is 48.0 Å². The van der Waals surface area contributed by atoms with E-state index in [-0.39, 0.29) is 35.0 Å². The fourth-order valence-electron chi connectivity index (χ4n) is 3.58. The fourth-order valence-corrected chi connectivity index (χ4v) is 5.31. The lowest BCUT2D eigenvalue weighted by Gasteiger charge is -2.30. The van der Waals surface area contributed by atoms with Crippen LogP contribution in [0.25, 0.3) is 5.69 Å². The van der Waals surface area contributed by atoms with Gasteiger partial charge < -0.3 is 9.80 Å². The Labute approximate surface area is 171 Å². The summed E-state index contributed by atoms with van der Waals surface area (Å²) in [5, 5.41) is 4.35. The van der Waals surface area contributed by atoms with Gasteiger partial charge in [0.2, 0.25) is 0 Å². The molecule has 0 spiro atoms. The molecule has 1 aliphatic heterocycles. The maximum atomic E-state index is 13.2. The number of nitrogens with zero attached hydrogens (tertiary/aromatic N) is 4. The summed E-state index contributed by atoms with van der Waals surface area (Å²) in [5.41, 5.74) is 0.891. The molecule has 1 saturated heterocycles. The second kappa shape index (κ2) is 9.04. The third kappa shape index (κ3) is 5.22. The van der Waals surface area contributed by atoms with E-state index in [1.807, 2.05) is 0 Å². The van der Waals surface area contributed by atoms with Gasteiger partial charge in [-0.1, -0.05) is 13.8 Å². The minimum absolute atomic E-state index is 0.00430. The van der Waals surface area contributed by atoms with Gasteiger partial charge in [0.1, 0.15) is 5.82 Å². The van der Waals surface area contributed by atoms with Crippen molar-refractivity contribution < 1.29 is 17.6 Å². The first-order chi connectivity index (χ1) is 13.8. The third-order valence-electron chi connectivity index (χ3n) is 5.36. The van der Waals surface area contributed by atoms with Crippen LogP contribution in [0.3, 0.4) is 0 Å². The number of aromatic nitrogens is 2. The largest absolute Gasteiger partial charge is 0.332 e. The minimum Gasteiger partial charge on any atom is -0.332 e. The monoisotopic (exact) mass is 422 g/mol. The first-order valence-corrected chi connectivity index (χ1v) is 11.7. The van der Waals surface area contributed by atoms with Crippen LogP contribution < -0.4 is 0 Å². The molecule has 0 N–H and O–H groups in total. The molecule has 0 radical (unpaired) electrons. The molecule has 1 amide bonds. The van der Waals surface area contributed by atoms with Gasteiger partial charge in [0.05, 0.1) is 17.2 Å². The molecule has 1 aromatic heterocycles. The first kappa shape index (κ1) is 21.4. The molecule has 1 unspecified atom stereocenters. The zero-order chi connectivity index (χ0) is 21.0. The molecule has 0 saturated carbocycles. The molecule has 2 heterocycles. The number of hydrogen-bond acceptors (Lipinski definition) is 5. The predicted octanol–water partition coefficient (Wildman–Crippen LogP) is 1.98. The Bertz CT molecular complexity index is 939. The quantitative estimate of drug-likeness (QED) is 0.650. The number of rotatable bonds is 8. The number of halogens is 1. The van der Waals surface area contributed by atoms with Gasteiger partial charge in [-0.3, -0.25) is 4.79 Å². The van der Waals surface area contributed by atoms with Crippen molar-refractivity contribution in [2.24, 2.45) is 0 Å². The highest BCUT2D eigenvalue weighted by atomic mass is 32.2.